The third-order valence-corrected chi connectivity index (χ3v) is 5.39. The molecule has 1 unspecified atom stereocenters. The van der Waals surface area contributed by atoms with Crippen LogP contribution in [0.4, 0.5) is 17.6 Å². The molecular formula is C17H7F4NO6S2. The van der Waals surface area contributed by atoms with Crippen LogP contribution in [0.5, 0.6) is 11.5 Å². The van der Waals surface area contributed by atoms with E-state index in [1.165, 1.54) is 0 Å². The van der Waals surface area contributed by atoms with Crippen molar-refractivity contribution < 1.29 is 44.0 Å². The molecule has 13 heteroatoms. The van der Waals surface area contributed by atoms with Crippen molar-refractivity contribution in [2.45, 2.75) is 9.79 Å². The largest absolute Gasteiger partial charge is 0.450 e. The second kappa shape index (κ2) is 7.65. The van der Waals surface area contributed by atoms with Crippen molar-refractivity contribution >= 4 is 32.0 Å². The maximum Gasteiger partial charge on any atom is 0.294 e. The molecule has 0 aliphatic heterocycles. The van der Waals surface area contributed by atoms with Gasteiger partial charge in [0.25, 0.3) is 10.1 Å². The van der Waals surface area contributed by atoms with E-state index in [0.29, 0.717) is 6.07 Å². The molecule has 3 rings (SSSR count). The maximum absolute atomic E-state index is 14.2. The molecule has 0 saturated heterocycles. The first-order valence-corrected chi connectivity index (χ1v) is 10.1. The van der Waals surface area contributed by atoms with Crippen LogP contribution >= 0.6 is 0 Å². The van der Waals surface area contributed by atoms with Crippen LogP contribution in [0.1, 0.15) is 5.56 Å². The number of hydrogen-bond donors (Lipinski definition) is 2. The normalized spacial score (nSPS) is 12.6. The lowest BCUT2D eigenvalue weighted by Gasteiger charge is -2.14. The predicted molar refractivity (Wildman–Crippen MR) is 93.9 cm³/mol. The molecule has 3 aromatic carbocycles. The molecule has 2 N–H and O–H groups in total. The van der Waals surface area contributed by atoms with E-state index in [1.54, 1.807) is 0 Å². The Bertz CT molecular complexity index is 1360. The van der Waals surface area contributed by atoms with Crippen LogP contribution in [0.2, 0.25) is 0 Å². The second-order valence-corrected chi connectivity index (χ2v) is 8.09. The molecule has 0 fully saturated rings. The van der Waals surface area contributed by atoms with Crippen molar-refractivity contribution in [1.82, 2.24) is 0 Å². The first kappa shape index (κ1) is 21.7. The number of nitrogens with zero attached hydrogens (tertiary/aromatic N) is 1. The van der Waals surface area contributed by atoms with Crippen molar-refractivity contribution in [3.63, 3.8) is 0 Å². The minimum Gasteiger partial charge on any atom is -0.450 e. The Balaban J connectivity index is 2.32. The fourth-order valence-corrected chi connectivity index (χ4v) is 3.48. The summed E-state index contributed by atoms with van der Waals surface area (Å²) in [7, 11) is -4.89. The van der Waals surface area contributed by atoms with E-state index in [9.17, 15) is 34.7 Å². The van der Waals surface area contributed by atoms with E-state index in [-0.39, 0.29) is 15.7 Å². The van der Waals surface area contributed by atoms with E-state index < -0.39 is 66.4 Å². The van der Waals surface area contributed by atoms with Crippen molar-refractivity contribution in [3.8, 4) is 17.6 Å². The molecule has 0 aliphatic carbocycles. The summed E-state index contributed by atoms with van der Waals surface area (Å²) in [6.07, 6.45) is 0. The number of hydrogen-bond acceptors (Lipinski definition) is 5. The number of rotatable bonds is 4. The molecule has 30 heavy (non-hydrogen) atoms. The molecule has 0 amide bonds. The van der Waals surface area contributed by atoms with Gasteiger partial charge in [0.05, 0.1) is 9.79 Å². The molecule has 0 saturated carbocycles. The molecule has 1 atom stereocenters. The fraction of sp³-hybridized carbons (Fsp3) is 0. The molecule has 0 heterocycles. The van der Waals surface area contributed by atoms with Crippen LogP contribution in [-0.4, -0.2) is 21.7 Å². The van der Waals surface area contributed by atoms with Gasteiger partial charge in [0.2, 0.25) is 17.4 Å². The van der Waals surface area contributed by atoms with Crippen LogP contribution in [0.3, 0.4) is 0 Å². The van der Waals surface area contributed by atoms with Crippen molar-refractivity contribution in [2.24, 2.45) is 0 Å². The molecule has 0 aliphatic rings. The Labute approximate surface area is 168 Å². The zero-order valence-corrected chi connectivity index (χ0v) is 15.8. The van der Waals surface area contributed by atoms with Gasteiger partial charge in [-0.05, 0) is 29.7 Å². The monoisotopic (exact) mass is 461 g/mol. The number of benzene rings is 3. The van der Waals surface area contributed by atoms with Crippen molar-refractivity contribution in [2.75, 3.05) is 0 Å². The van der Waals surface area contributed by atoms with Gasteiger partial charge >= 0.3 is 0 Å². The maximum atomic E-state index is 14.2. The topological polar surface area (TPSA) is 125 Å². The van der Waals surface area contributed by atoms with Gasteiger partial charge in [0.15, 0.2) is 22.7 Å². The lowest BCUT2D eigenvalue weighted by molar-refractivity contribution is 0.366. The molecule has 0 radical (unpaired) electrons. The van der Waals surface area contributed by atoms with Crippen molar-refractivity contribution in [1.29, 1.82) is 5.26 Å². The number of ether oxygens (including phenoxy) is 1. The highest BCUT2D eigenvalue weighted by Crippen LogP contribution is 2.38. The summed E-state index contributed by atoms with van der Waals surface area (Å²) in [4.78, 5) is -1.02. The number of fused-ring (bicyclic) bond motifs is 1. The van der Waals surface area contributed by atoms with Crippen LogP contribution in [0.25, 0.3) is 10.8 Å². The highest BCUT2D eigenvalue weighted by Gasteiger charge is 2.28. The van der Waals surface area contributed by atoms with E-state index in [1.807, 2.05) is 0 Å². The minimum atomic E-state index is -4.89. The zero-order valence-electron chi connectivity index (χ0n) is 14.2. The summed E-state index contributed by atoms with van der Waals surface area (Å²) in [6.45, 7) is 0. The summed E-state index contributed by atoms with van der Waals surface area (Å²) in [5.74, 6) is -10.4. The van der Waals surface area contributed by atoms with Crippen LogP contribution in [0, 0.1) is 34.6 Å². The molecule has 0 spiro atoms. The Hall–Kier alpha value is -3.05. The minimum absolute atomic E-state index is 0.0828. The Kier molecular flexibility index (Phi) is 5.52. The lowest BCUT2D eigenvalue weighted by atomic mass is 10.1. The first-order valence-electron chi connectivity index (χ1n) is 7.55. The van der Waals surface area contributed by atoms with Crippen LogP contribution < -0.4 is 4.74 Å². The highest BCUT2D eigenvalue weighted by atomic mass is 32.2. The van der Waals surface area contributed by atoms with Gasteiger partial charge in [0, 0.05) is 11.5 Å². The highest BCUT2D eigenvalue weighted by molar-refractivity contribution is 7.85. The standard InChI is InChI=1S/C17H7F4NO6S2/c18-13-11(6-22)14(19)16(21)17(15(13)20)28-12-5-9(30(25,26)27)4-7-3-8(29(23)24)1-2-10(7)12/h1-5H,(H,23,24)(H,25,26,27). The molecular weight excluding hydrogens is 454 g/mol. The molecule has 0 bridgehead atoms. The zero-order chi connectivity index (χ0) is 22.4. The van der Waals surface area contributed by atoms with Gasteiger partial charge in [-0.2, -0.15) is 22.5 Å². The summed E-state index contributed by atoms with van der Waals surface area (Å²) in [5.41, 5.74) is -1.52. The van der Waals surface area contributed by atoms with Gasteiger partial charge < -0.3 is 9.29 Å². The third kappa shape index (κ3) is 3.73. The van der Waals surface area contributed by atoms with E-state index in [0.717, 1.165) is 30.3 Å². The van der Waals surface area contributed by atoms with Crippen LogP contribution in [0.15, 0.2) is 40.1 Å². The summed E-state index contributed by atoms with van der Waals surface area (Å²) in [5, 5.41) is 8.42. The second-order valence-electron chi connectivity index (χ2n) is 5.70. The van der Waals surface area contributed by atoms with Gasteiger partial charge in [-0.3, -0.25) is 4.55 Å². The van der Waals surface area contributed by atoms with Gasteiger partial charge in [-0.25, -0.2) is 13.0 Å². The van der Waals surface area contributed by atoms with Crippen LogP contribution in [-0.2, 0) is 21.2 Å². The first-order chi connectivity index (χ1) is 14.0. The SMILES string of the molecule is N#Cc1c(F)c(F)c(Oc2cc(S(=O)(=O)O)cc3cc(S(=O)O)ccc23)c(F)c1F. The molecule has 156 valence electrons. The Morgan fingerprint density at radius 2 is 1.60 bits per heavy atom. The van der Waals surface area contributed by atoms with Gasteiger partial charge in [0.1, 0.15) is 17.4 Å². The van der Waals surface area contributed by atoms with Gasteiger partial charge in [-0.15, -0.1) is 0 Å². The van der Waals surface area contributed by atoms with Gasteiger partial charge in [-0.1, -0.05) is 0 Å². The predicted octanol–water partition coefficient (Wildman–Crippen LogP) is 3.89. The average molecular weight is 461 g/mol. The Morgan fingerprint density at radius 1 is 1.00 bits per heavy atom. The fourth-order valence-electron chi connectivity index (χ4n) is 2.54. The van der Waals surface area contributed by atoms with E-state index in [2.05, 4.69) is 0 Å². The van der Waals surface area contributed by atoms with E-state index >= 15 is 0 Å². The summed E-state index contributed by atoms with van der Waals surface area (Å²) < 4.78 is 114. The smallest absolute Gasteiger partial charge is 0.294 e. The summed E-state index contributed by atoms with van der Waals surface area (Å²) >= 11 is -2.48. The Morgan fingerprint density at radius 3 is 2.10 bits per heavy atom. The molecule has 3 aromatic rings. The number of halogens is 4. The number of nitriles is 1. The molecule has 0 aromatic heterocycles. The lowest BCUT2D eigenvalue weighted by Crippen LogP contribution is -2.05. The molecule has 7 nitrogen and oxygen atoms in total. The van der Waals surface area contributed by atoms with E-state index in [4.69, 9.17) is 14.6 Å². The average Bonchev–Trinajstić information content (AvgIpc) is 2.68. The third-order valence-electron chi connectivity index (χ3n) is 3.91. The van der Waals surface area contributed by atoms with Crippen molar-refractivity contribution in [3.05, 3.63) is 59.2 Å². The quantitative estimate of drug-likeness (QED) is 0.261. The summed E-state index contributed by atoms with van der Waals surface area (Å²) in [6, 6.07) is 5.71.